The Bertz CT molecular complexity index is 374. The van der Waals surface area contributed by atoms with E-state index in [9.17, 15) is 35.9 Å². The van der Waals surface area contributed by atoms with E-state index >= 15 is 0 Å². The van der Waals surface area contributed by atoms with Crippen molar-refractivity contribution >= 4 is 11.9 Å². The molecule has 10 heteroatoms. The maximum Gasteiger partial charge on any atom is 0.394 e. The van der Waals surface area contributed by atoms with Crippen molar-refractivity contribution in [1.82, 2.24) is 5.32 Å². The Labute approximate surface area is 110 Å². The highest BCUT2D eigenvalue weighted by molar-refractivity contribution is 5.83. The predicted octanol–water partition coefficient (Wildman–Crippen LogP) is 2.49. The number of aliphatic carboxylic acids is 1. The molecule has 118 valence electrons. The smallest absolute Gasteiger partial charge is 0.394 e. The fourth-order valence-electron chi connectivity index (χ4n) is 1.18. The number of carboxylic acid groups (broad SMARTS) is 1. The maximum absolute atomic E-state index is 12.5. The molecule has 0 aromatic carbocycles. The van der Waals surface area contributed by atoms with E-state index in [1.54, 1.807) is 0 Å². The minimum atomic E-state index is -4.87. The topological polar surface area (TPSA) is 66.4 Å². The summed E-state index contributed by atoms with van der Waals surface area (Å²) in [6.45, 7) is 1.37. The van der Waals surface area contributed by atoms with Crippen LogP contribution in [0.1, 0.15) is 26.7 Å². The van der Waals surface area contributed by atoms with Crippen LogP contribution in [0.25, 0.3) is 0 Å². The average molecular weight is 309 g/mol. The van der Waals surface area contributed by atoms with Gasteiger partial charge in [0.1, 0.15) is 6.04 Å². The fourth-order valence-corrected chi connectivity index (χ4v) is 1.18. The maximum atomic E-state index is 12.5. The summed E-state index contributed by atoms with van der Waals surface area (Å²) in [5.74, 6) is -3.38. The monoisotopic (exact) mass is 309 g/mol. The number of carbonyl (C=O) groups excluding carboxylic acids is 1. The van der Waals surface area contributed by atoms with Crippen molar-refractivity contribution in [3.8, 4) is 0 Å². The number of amides is 1. The Morgan fingerprint density at radius 2 is 1.55 bits per heavy atom. The van der Waals surface area contributed by atoms with Crippen LogP contribution in [0.2, 0.25) is 0 Å². The molecule has 0 saturated carbocycles. The van der Waals surface area contributed by atoms with Crippen molar-refractivity contribution < 1.29 is 41.0 Å². The minimum Gasteiger partial charge on any atom is -0.480 e. The van der Waals surface area contributed by atoms with Crippen molar-refractivity contribution in [3.63, 3.8) is 0 Å². The van der Waals surface area contributed by atoms with Gasteiger partial charge >= 0.3 is 18.3 Å². The third-order valence-corrected chi connectivity index (χ3v) is 2.44. The SMILES string of the molecule is CC(C)(CC(=O)NC(CC(F)(F)F)C(=O)O)C(F)(F)F. The highest BCUT2D eigenvalue weighted by Crippen LogP contribution is 2.40. The predicted molar refractivity (Wildman–Crippen MR) is 54.7 cm³/mol. The van der Waals surface area contributed by atoms with Gasteiger partial charge in [-0.15, -0.1) is 0 Å². The largest absolute Gasteiger partial charge is 0.480 e. The molecule has 4 nitrogen and oxygen atoms in total. The number of carboxylic acids is 1. The lowest BCUT2D eigenvalue weighted by Gasteiger charge is -2.27. The van der Waals surface area contributed by atoms with Gasteiger partial charge < -0.3 is 10.4 Å². The lowest BCUT2D eigenvalue weighted by molar-refractivity contribution is -0.214. The van der Waals surface area contributed by atoms with Gasteiger partial charge in [0, 0.05) is 6.42 Å². The van der Waals surface area contributed by atoms with Gasteiger partial charge in [-0.2, -0.15) is 26.3 Å². The second-order valence-electron chi connectivity index (χ2n) is 4.84. The van der Waals surface area contributed by atoms with E-state index < -0.39 is 48.5 Å². The molecular weight excluding hydrogens is 296 g/mol. The van der Waals surface area contributed by atoms with Crippen LogP contribution in [0.15, 0.2) is 0 Å². The zero-order valence-electron chi connectivity index (χ0n) is 10.5. The summed E-state index contributed by atoms with van der Waals surface area (Å²) in [6, 6.07) is -2.31. The van der Waals surface area contributed by atoms with E-state index in [0.29, 0.717) is 13.8 Å². The number of nitrogens with one attached hydrogen (secondary N) is 1. The molecular formula is C10H13F6NO3. The van der Waals surface area contributed by atoms with Crippen LogP contribution in [0.4, 0.5) is 26.3 Å². The molecule has 0 aliphatic heterocycles. The summed E-state index contributed by atoms with van der Waals surface area (Å²) >= 11 is 0. The van der Waals surface area contributed by atoms with Gasteiger partial charge in [-0.05, 0) is 0 Å². The van der Waals surface area contributed by atoms with E-state index in [-0.39, 0.29) is 0 Å². The molecule has 0 aliphatic carbocycles. The summed E-state index contributed by atoms with van der Waals surface area (Å²) in [6.07, 6.45) is -12.6. The second kappa shape index (κ2) is 5.88. The number of halogens is 6. The second-order valence-corrected chi connectivity index (χ2v) is 4.84. The molecule has 2 N–H and O–H groups in total. The normalized spacial score (nSPS) is 14.8. The highest BCUT2D eigenvalue weighted by atomic mass is 19.4. The van der Waals surface area contributed by atoms with Gasteiger partial charge in [0.05, 0.1) is 11.8 Å². The Balaban J connectivity index is 4.76. The first-order chi connectivity index (χ1) is 8.66. The van der Waals surface area contributed by atoms with Crippen LogP contribution in [0.5, 0.6) is 0 Å². The minimum absolute atomic E-state index is 0.687. The van der Waals surface area contributed by atoms with Gasteiger partial charge in [0.25, 0.3) is 0 Å². The Morgan fingerprint density at radius 1 is 1.10 bits per heavy atom. The molecule has 1 amide bonds. The molecule has 0 aliphatic rings. The Morgan fingerprint density at radius 3 is 1.85 bits per heavy atom. The molecule has 0 radical (unpaired) electrons. The molecule has 0 heterocycles. The first-order valence-corrected chi connectivity index (χ1v) is 5.31. The van der Waals surface area contributed by atoms with Crippen molar-refractivity contribution in [1.29, 1.82) is 0 Å². The van der Waals surface area contributed by atoms with Crippen molar-refractivity contribution in [2.24, 2.45) is 5.41 Å². The third-order valence-electron chi connectivity index (χ3n) is 2.44. The Kier molecular flexibility index (Phi) is 5.44. The number of rotatable bonds is 5. The van der Waals surface area contributed by atoms with Gasteiger partial charge in [0.2, 0.25) is 5.91 Å². The van der Waals surface area contributed by atoms with Crippen LogP contribution >= 0.6 is 0 Å². The number of carbonyl (C=O) groups is 2. The lowest BCUT2D eigenvalue weighted by atomic mass is 9.88. The molecule has 0 bridgehead atoms. The first kappa shape index (κ1) is 18.5. The van der Waals surface area contributed by atoms with Gasteiger partial charge in [-0.3, -0.25) is 4.79 Å². The number of hydrogen-bond donors (Lipinski definition) is 2. The van der Waals surface area contributed by atoms with Crippen molar-refractivity contribution in [2.45, 2.75) is 45.1 Å². The third kappa shape index (κ3) is 6.11. The zero-order valence-corrected chi connectivity index (χ0v) is 10.5. The van der Waals surface area contributed by atoms with Crippen LogP contribution in [0, 0.1) is 5.41 Å². The number of alkyl halides is 6. The lowest BCUT2D eigenvalue weighted by Crippen LogP contribution is -2.46. The van der Waals surface area contributed by atoms with Crippen LogP contribution in [-0.4, -0.2) is 35.4 Å². The molecule has 0 fully saturated rings. The molecule has 1 unspecified atom stereocenters. The van der Waals surface area contributed by atoms with Gasteiger partial charge in [-0.1, -0.05) is 13.8 Å². The molecule has 0 spiro atoms. The van der Waals surface area contributed by atoms with Gasteiger partial charge in [-0.25, -0.2) is 4.79 Å². The van der Waals surface area contributed by atoms with Crippen LogP contribution in [-0.2, 0) is 9.59 Å². The first-order valence-electron chi connectivity index (χ1n) is 5.31. The standard InChI is InChI=1S/C10H13F6NO3/c1-8(2,10(14,15)16)4-6(18)17-5(7(19)20)3-9(11,12)13/h5H,3-4H2,1-2H3,(H,17,18)(H,19,20). The zero-order chi connectivity index (χ0) is 16.4. The van der Waals surface area contributed by atoms with Crippen molar-refractivity contribution in [2.75, 3.05) is 0 Å². The Hall–Kier alpha value is -1.48. The van der Waals surface area contributed by atoms with E-state index in [2.05, 4.69) is 0 Å². The van der Waals surface area contributed by atoms with E-state index in [1.165, 1.54) is 5.32 Å². The molecule has 0 aromatic rings. The summed E-state index contributed by atoms with van der Waals surface area (Å²) in [5.41, 5.74) is -2.47. The van der Waals surface area contributed by atoms with Crippen LogP contribution < -0.4 is 5.32 Å². The molecule has 20 heavy (non-hydrogen) atoms. The molecule has 0 rings (SSSR count). The summed E-state index contributed by atoms with van der Waals surface area (Å²) < 4.78 is 73.6. The molecule has 0 aromatic heterocycles. The van der Waals surface area contributed by atoms with E-state index in [4.69, 9.17) is 5.11 Å². The van der Waals surface area contributed by atoms with E-state index in [0.717, 1.165) is 0 Å². The van der Waals surface area contributed by atoms with E-state index in [1.807, 2.05) is 0 Å². The van der Waals surface area contributed by atoms with Crippen LogP contribution in [0.3, 0.4) is 0 Å². The molecule has 0 saturated heterocycles. The average Bonchev–Trinajstić information content (AvgIpc) is 2.10. The summed E-state index contributed by atoms with van der Waals surface area (Å²) in [7, 11) is 0. The van der Waals surface area contributed by atoms with Gasteiger partial charge in [0.15, 0.2) is 0 Å². The fraction of sp³-hybridized carbons (Fsp3) is 0.800. The quantitative estimate of drug-likeness (QED) is 0.767. The summed E-state index contributed by atoms with van der Waals surface area (Å²) in [4.78, 5) is 21.8. The molecule has 1 atom stereocenters. The summed E-state index contributed by atoms with van der Waals surface area (Å²) in [5, 5.41) is 9.95. The highest BCUT2D eigenvalue weighted by Gasteiger charge is 2.48. The number of hydrogen-bond acceptors (Lipinski definition) is 2. The van der Waals surface area contributed by atoms with Crippen molar-refractivity contribution in [3.05, 3.63) is 0 Å².